The van der Waals surface area contributed by atoms with E-state index in [1.165, 1.54) is 19.4 Å². The maximum Gasteiger partial charge on any atom is 0.250 e. The highest BCUT2D eigenvalue weighted by Crippen LogP contribution is 2.25. The molecule has 2 heterocycles. The van der Waals surface area contributed by atoms with Crippen molar-refractivity contribution in [3.63, 3.8) is 0 Å². The highest BCUT2D eigenvalue weighted by atomic mass is 35.5. The third-order valence-corrected chi connectivity index (χ3v) is 5.56. The van der Waals surface area contributed by atoms with Gasteiger partial charge in [-0.3, -0.25) is 0 Å². The van der Waals surface area contributed by atoms with E-state index < -0.39 is 16.1 Å². The van der Waals surface area contributed by atoms with Crippen molar-refractivity contribution in [1.29, 1.82) is 0 Å². The monoisotopic (exact) mass is 321 g/mol. The molecule has 0 bridgehead atoms. The molecule has 8 heteroatoms. The second kappa shape index (κ2) is 6.06. The first-order chi connectivity index (χ1) is 9.03. The maximum atomic E-state index is 12.0. The van der Waals surface area contributed by atoms with Crippen molar-refractivity contribution in [1.82, 2.24) is 4.72 Å². The van der Waals surface area contributed by atoms with Crippen molar-refractivity contribution in [2.24, 2.45) is 0 Å². The van der Waals surface area contributed by atoms with Gasteiger partial charge in [-0.15, -0.1) is 11.3 Å². The van der Waals surface area contributed by atoms with Crippen LogP contribution in [0, 0.1) is 0 Å². The third-order valence-electron chi connectivity index (χ3n) is 2.42. The van der Waals surface area contributed by atoms with Crippen molar-refractivity contribution in [2.75, 3.05) is 13.7 Å². The first-order valence-electron chi connectivity index (χ1n) is 5.34. The zero-order chi connectivity index (χ0) is 13.9. The molecule has 2 rings (SSSR count). The highest BCUT2D eigenvalue weighted by Gasteiger charge is 2.20. The van der Waals surface area contributed by atoms with Gasteiger partial charge in [-0.25, -0.2) is 13.1 Å². The predicted molar refractivity (Wildman–Crippen MR) is 73.0 cm³/mol. The summed E-state index contributed by atoms with van der Waals surface area (Å²) >= 11 is 6.73. The number of nitrogens with one attached hydrogen (secondary N) is 1. The smallest absolute Gasteiger partial charge is 0.250 e. The molecule has 0 radical (unpaired) electrons. The van der Waals surface area contributed by atoms with E-state index >= 15 is 0 Å². The van der Waals surface area contributed by atoms with Gasteiger partial charge in [-0.2, -0.15) is 0 Å². The number of rotatable bonds is 6. The van der Waals surface area contributed by atoms with Gasteiger partial charge >= 0.3 is 0 Å². The number of sulfonamides is 1. The summed E-state index contributed by atoms with van der Waals surface area (Å²) in [5, 5.41) is 0. The summed E-state index contributed by atoms with van der Waals surface area (Å²) in [5.74, 6) is 0.564. The van der Waals surface area contributed by atoms with Crippen LogP contribution >= 0.6 is 22.9 Å². The minimum atomic E-state index is -3.57. The lowest BCUT2D eigenvalue weighted by Gasteiger charge is -2.13. The summed E-state index contributed by atoms with van der Waals surface area (Å²) in [7, 11) is -2.08. The molecule has 1 atom stereocenters. The molecular weight excluding hydrogens is 310 g/mol. The Balaban J connectivity index is 2.05. The minimum absolute atomic E-state index is 0.0852. The van der Waals surface area contributed by atoms with E-state index in [0.29, 0.717) is 10.1 Å². The molecule has 0 amide bonds. The molecule has 2 aromatic heterocycles. The number of thiophene rings is 1. The molecule has 0 spiro atoms. The lowest BCUT2D eigenvalue weighted by molar-refractivity contribution is 0.0878. The van der Waals surface area contributed by atoms with Crippen molar-refractivity contribution in [3.05, 3.63) is 40.6 Å². The summed E-state index contributed by atoms with van der Waals surface area (Å²) < 4.78 is 37.4. The van der Waals surface area contributed by atoms with Crippen molar-refractivity contribution in [3.8, 4) is 0 Å². The summed E-state index contributed by atoms with van der Waals surface area (Å²) in [6, 6.07) is 6.45. The number of furan rings is 1. The quantitative estimate of drug-likeness (QED) is 0.888. The fourth-order valence-corrected chi connectivity index (χ4v) is 4.03. The first kappa shape index (κ1) is 14.5. The molecule has 5 nitrogen and oxygen atoms in total. The molecule has 19 heavy (non-hydrogen) atoms. The number of halogens is 1. The van der Waals surface area contributed by atoms with Crippen molar-refractivity contribution in [2.45, 2.75) is 10.3 Å². The van der Waals surface area contributed by atoms with Gasteiger partial charge in [0.25, 0.3) is 0 Å². The van der Waals surface area contributed by atoms with Crippen LogP contribution in [0.3, 0.4) is 0 Å². The van der Waals surface area contributed by atoms with Crippen LogP contribution < -0.4 is 4.72 Å². The summed E-state index contributed by atoms with van der Waals surface area (Å²) in [4.78, 5) is 0. The van der Waals surface area contributed by atoms with Crippen LogP contribution in [-0.4, -0.2) is 22.1 Å². The SMILES string of the molecule is COC(CNS(=O)(=O)c1ccc(Cl)s1)c1ccco1. The zero-order valence-electron chi connectivity index (χ0n) is 10.00. The highest BCUT2D eigenvalue weighted by molar-refractivity contribution is 7.91. The average molecular weight is 322 g/mol. The van der Waals surface area contributed by atoms with Crippen LogP contribution in [0.15, 0.2) is 39.2 Å². The minimum Gasteiger partial charge on any atom is -0.467 e. The zero-order valence-corrected chi connectivity index (χ0v) is 12.4. The third kappa shape index (κ3) is 3.58. The van der Waals surface area contributed by atoms with Crippen LogP contribution in [-0.2, 0) is 14.8 Å². The standard InChI is InChI=1S/C11H12ClNO4S2/c1-16-9(8-3-2-6-17-8)7-13-19(14,15)11-5-4-10(12)18-11/h2-6,9,13H,7H2,1H3. The Bertz CT molecular complexity index is 621. The molecule has 2 aromatic rings. The van der Waals surface area contributed by atoms with Gasteiger partial charge in [0.05, 0.1) is 10.6 Å². The molecule has 0 fully saturated rings. The number of methoxy groups -OCH3 is 1. The fraction of sp³-hybridized carbons (Fsp3) is 0.273. The molecule has 104 valence electrons. The molecule has 0 aromatic carbocycles. The predicted octanol–water partition coefficient (Wildman–Crippen LogP) is 2.66. The van der Waals surface area contributed by atoms with E-state index in [-0.39, 0.29) is 10.8 Å². The second-order valence-corrected chi connectivity index (χ2v) is 7.36. The van der Waals surface area contributed by atoms with Crippen LogP contribution in [0.2, 0.25) is 4.34 Å². The normalized spacial score (nSPS) is 13.6. The molecular formula is C11H12ClNO4S2. The van der Waals surface area contributed by atoms with Gasteiger partial charge in [-0.05, 0) is 24.3 Å². The van der Waals surface area contributed by atoms with Crippen molar-refractivity contribution < 1.29 is 17.6 Å². The van der Waals surface area contributed by atoms with Crippen LogP contribution in [0.1, 0.15) is 11.9 Å². The Morgan fingerprint density at radius 2 is 2.26 bits per heavy atom. The Morgan fingerprint density at radius 3 is 2.79 bits per heavy atom. The largest absolute Gasteiger partial charge is 0.467 e. The molecule has 0 saturated heterocycles. The summed E-state index contributed by atoms with van der Waals surface area (Å²) in [6.07, 6.45) is 1.04. The van der Waals surface area contributed by atoms with E-state index in [4.69, 9.17) is 20.8 Å². The van der Waals surface area contributed by atoms with E-state index in [2.05, 4.69) is 4.72 Å². The second-order valence-electron chi connectivity index (χ2n) is 3.65. The number of hydrogen-bond acceptors (Lipinski definition) is 5. The topological polar surface area (TPSA) is 68.5 Å². The molecule has 0 aliphatic carbocycles. The van der Waals surface area contributed by atoms with Gasteiger partial charge in [0, 0.05) is 13.7 Å². The van der Waals surface area contributed by atoms with E-state index in [1.54, 1.807) is 18.2 Å². The van der Waals surface area contributed by atoms with Gasteiger partial charge in [0.2, 0.25) is 10.0 Å². The molecule has 0 aliphatic heterocycles. The average Bonchev–Trinajstić information content (AvgIpc) is 3.01. The molecule has 0 saturated carbocycles. The van der Waals surface area contributed by atoms with Gasteiger partial charge in [-0.1, -0.05) is 11.6 Å². The van der Waals surface area contributed by atoms with E-state index in [1.807, 2.05) is 0 Å². The Morgan fingerprint density at radius 1 is 1.47 bits per heavy atom. The maximum absolute atomic E-state index is 12.0. The molecule has 0 aliphatic rings. The Kier molecular flexibility index (Phi) is 4.64. The lowest BCUT2D eigenvalue weighted by Crippen LogP contribution is -2.28. The lowest BCUT2D eigenvalue weighted by atomic mass is 10.3. The van der Waals surface area contributed by atoms with Crippen LogP contribution in [0.4, 0.5) is 0 Å². The van der Waals surface area contributed by atoms with Crippen LogP contribution in [0.5, 0.6) is 0 Å². The molecule has 1 N–H and O–H groups in total. The molecule has 1 unspecified atom stereocenters. The van der Waals surface area contributed by atoms with Crippen molar-refractivity contribution >= 4 is 33.0 Å². The fourth-order valence-electron chi connectivity index (χ4n) is 1.47. The Hall–Kier alpha value is -0.860. The Labute approximate surface area is 120 Å². The van der Waals surface area contributed by atoms with Gasteiger partial charge < -0.3 is 9.15 Å². The number of ether oxygens (including phenoxy) is 1. The first-order valence-corrected chi connectivity index (χ1v) is 8.02. The van der Waals surface area contributed by atoms with Gasteiger partial charge in [0.15, 0.2) is 0 Å². The van der Waals surface area contributed by atoms with Crippen LogP contribution in [0.25, 0.3) is 0 Å². The van der Waals surface area contributed by atoms with Gasteiger partial charge in [0.1, 0.15) is 16.1 Å². The van der Waals surface area contributed by atoms with E-state index in [9.17, 15) is 8.42 Å². The summed E-state index contributed by atoms with van der Waals surface area (Å²) in [5.41, 5.74) is 0. The number of hydrogen-bond donors (Lipinski definition) is 1. The summed E-state index contributed by atoms with van der Waals surface area (Å²) in [6.45, 7) is 0.0852. The van der Waals surface area contributed by atoms with E-state index in [0.717, 1.165) is 11.3 Å².